The lowest BCUT2D eigenvalue weighted by molar-refractivity contribution is 1.18. The van der Waals surface area contributed by atoms with E-state index in [1.54, 1.807) is 6.20 Å². The molecule has 7 aromatic rings. The maximum Gasteiger partial charge on any atom is 0.205 e. The molecule has 172 valence electrons. The zero-order valence-corrected chi connectivity index (χ0v) is 20.0. The minimum absolute atomic E-state index is 0.545. The van der Waals surface area contributed by atoms with E-state index in [-0.39, 0.29) is 0 Å². The summed E-state index contributed by atoms with van der Waals surface area (Å²) in [6.07, 6.45) is 3.41. The van der Waals surface area contributed by atoms with Crippen LogP contribution in [-0.2, 0) is 0 Å². The van der Waals surface area contributed by atoms with Gasteiger partial charge in [-0.05, 0) is 69.4 Å². The topological polar surface area (TPSA) is 22.2 Å². The van der Waals surface area contributed by atoms with Crippen molar-refractivity contribution < 1.29 is 0 Å². The van der Waals surface area contributed by atoms with Crippen LogP contribution in [0.1, 0.15) is 0 Å². The van der Waals surface area contributed by atoms with Crippen molar-refractivity contribution in [1.82, 2.24) is 9.55 Å². The number of hydrogen-bond acceptors (Lipinski definition) is 1. The maximum atomic E-state index is 7.33. The molecule has 3 heteroatoms. The van der Waals surface area contributed by atoms with E-state index in [1.807, 2.05) is 12.3 Å². The molecule has 0 bridgehead atoms. The Bertz CT molecular complexity index is 1990. The third kappa shape index (κ3) is 3.47. The second-order valence-corrected chi connectivity index (χ2v) is 9.21. The Hall–Kier alpha value is -5.20. The second kappa shape index (κ2) is 8.48. The average molecular weight is 472 g/mol. The first-order valence-electron chi connectivity index (χ1n) is 12.2. The van der Waals surface area contributed by atoms with Crippen LogP contribution in [0, 0.1) is 6.57 Å². The lowest BCUT2D eigenvalue weighted by Gasteiger charge is -2.10. The van der Waals surface area contributed by atoms with Gasteiger partial charge in [0.2, 0.25) is 5.69 Å². The van der Waals surface area contributed by atoms with Crippen LogP contribution in [-0.4, -0.2) is 9.55 Å². The lowest BCUT2D eigenvalue weighted by Crippen LogP contribution is -1.93. The highest BCUT2D eigenvalue weighted by Gasteiger charge is 2.15. The minimum atomic E-state index is 0.545. The quantitative estimate of drug-likeness (QED) is 0.235. The molecule has 0 N–H and O–H groups in total. The Morgan fingerprint density at radius 3 is 2.22 bits per heavy atom. The molecule has 0 aliphatic heterocycles. The number of rotatable bonds is 3. The molecule has 2 heterocycles. The molecule has 37 heavy (non-hydrogen) atoms. The Morgan fingerprint density at radius 1 is 0.568 bits per heavy atom. The van der Waals surface area contributed by atoms with Crippen molar-refractivity contribution in [2.45, 2.75) is 0 Å². The monoisotopic (exact) mass is 471 g/mol. The molecule has 2 aromatic heterocycles. The first-order chi connectivity index (χ1) is 18.3. The highest BCUT2D eigenvalue weighted by atomic mass is 15.0. The number of aromatic nitrogens is 2. The largest absolute Gasteiger partial charge is 0.309 e. The van der Waals surface area contributed by atoms with Gasteiger partial charge < -0.3 is 4.57 Å². The maximum absolute atomic E-state index is 7.33. The molecule has 0 amide bonds. The van der Waals surface area contributed by atoms with Crippen molar-refractivity contribution in [1.29, 1.82) is 0 Å². The van der Waals surface area contributed by atoms with Gasteiger partial charge in [0.05, 0.1) is 17.6 Å². The summed E-state index contributed by atoms with van der Waals surface area (Å²) in [5, 5.41) is 5.03. The molecule has 7 rings (SSSR count). The first kappa shape index (κ1) is 21.1. The predicted molar refractivity (Wildman–Crippen MR) is 153 cm³/mol. The van der Waals surface area contributed by atoms with Crippen molar-refractivity contribution >= 4 is 38.3 Å². The number of nitrogens with zero attached hydrogens (tertiary/aromatic N) is 3. The number of pyridine rings is 1. The molecular weight excluding hydrogens is 450 g/mol. The SMILES string of the molecule is [C-]#[N+]c1cncc(-c2cccc(-c3ccc4c5c6ccccc6ccc5n(-c5ccccc5)c4c3)c2)c1. The standard InChI is InChI=1S/C34H21N3/c1-35-28-19-27(21-36-22-28)25-10-7-9-24(18-25)26-14-16-31-33(20-26)37(29-11-3-2-4-12-29)32-17-15-23-8-5-6-13-30(23)34(31)32/h2-22H. The molecule has 0 saturated carbocycles. The molecule has 0 atom stereocenters. The molecule has 0 radical (unpaired) electrons. The molecular formula is C34H21N3. The van der Waals surface area contributed by atoms with Gasteiger partial charge in [0, 0.05) is 28.9 Å². The molecule has 0 aliphatic rings. The fourth-order valence-electron chi connectivity index (χ4n) is 5.35. The first-order valence-corrected chi connectivity index (χ1v) is 12.2. The molecule has 3 nitrogen and oxygen atoms in total. The van der Waals surface area contributed by atoms with Crippen molar-refractivity contribution in [2.24, 2.45) is 0 Å². The van der Waals surface area contributed by atoms with Gasteiger partial charge in [0.25, 0.3) is 0 Å². The van der Waals surface area contributed by atoms with Crippen LogP contribution in [0.5, 0.6) is 0 Å². The fraction of sp³-hybridized carbons (Fsp3) is 0. The van der Waals surface area contributed by atoms with Gasteiger partial charge in [0.15, 0.2) is 0 Å². The van der Waals surface area contributed by atoms with Gasteiger partial charge >= 0.3 is 0 Å². The molecule has 5 aromatic carbocycles. The number of benzene rings is 5. The zero-order valence-electron chi connectivity index (χ0n) is 20.0. The molecule has 0 spiro atoms. The van der Waals surface area contributed by atoms with Crippen LogP contribution in [0.4, 0.5) is 5.69 Å². The van der Waals surface area contributed by atoms with Gasteiger partial charge in [-0.25, -0.2) is 4.85 Å². The molecule has 0 unspecified atom stereocenters. The Balaban J connectivity index is 1.48. The summed E-state index contributed by atoms with van der Waals surface area (Å²) in [4.78, 5) is 7.79. The summed E-state index contributed by atoms with van der Waals surface area (Å²) >= 11 is 0. The fourth-order valence-corrected chi connectivity index (χ4v) is 5.35. The third-order valence-corrected chi connectivity index (χ3v) is 7.05. The van der Waals surface area contributed by atoms with E-state index in [2.05, 4.69) is 124 Å². The summed E-state index contributed by atoms with van der Waals surface area (Å²) < 4.78 is 2.37. The van der Waals surface area contributed by atoms with Crippen LogP contribution in [0.3, 0.4) is 0 Å². The van der Waals surface area contributed by atoms with Gasteiger partial charge in [-0.3, -0.25) is 4.98 Å². The Morgan fingerprint density at radius 2 is 1.35 bits per heavy atom. The van der Waals surface area contributed by atoms with E-state index in [0.29, 0.717) is 5.69 Å². The van der Waals surface area contributed by atoms with Crippen molar-refractivity contribution in [3.8, 4) is 27.9 Å². The predicted octanol–water partition coefficient (Wildman–Crippen LogP) is 9.22. The normalized spacial score (nSPS) is 11.2. The smallest absolute Gasteiger partial charge is 0.205 e. The Kier molecular flexibility index (Phi) is 4.84. The molecule has 0 aliphatic carbocycles. The average Bonchev–Trinajstić information content (AvgIpc) is 3.32. The van der Waals surface area contributed by atoms with Gasteiger partial charge in [-0.15, -0.1) is 0 Å². The number of para-hydroxylation sites is 1. The van der Waals surface area contributed by atoms with Crippen LogP contribution in [0.2, 0.25) is 0 Å². The van der Waals surface area contributed by atoms with E-state index in [9.17, 15) is 0 Å². The zero-order chi connectivity index (χ0) is 24.8. The van der Waals surface area contributed by atoms with Gasteiger partial charge in [-0.2, -0.15) is 0 Å². The van der Waals surface area contributed by atoms with Gasteiger partial charge in [0.1, 0.15) is 0 Å². The van der Waals surface area contributed by atoms with Crippen LogP contribution >= 0.6 is 0 Å². The summed E-state index contributed by atoms with van der Waals surface area (Å²) in [5.41, 5.74) is 8.33. The van der Waals surface area contributed by atoms with Crippen LogP contribution in [0.25, 0.3) is 65.4 Å². The molecule has 0 saturated heterocycles. The van der Waals surface area contributed by atoms with Crippen LogP contribution in [0.15, 0.2) is 128 Å². The minimum Gasteiger partial charge on any atom is -0.309 e. The molecule has 0 fully saturated rings. The highest BCUT2D eigenvalue weighted by molar-refractivity contribution is 6.21. The van der Waals surface area contributed by atoms with Gasteiger partial charge in [-0.1, -0.05) is 78.9 Å². The second-order valence-electron chi connectivity index (χ2n) is 9.21. The van der Waals surface area contributed by atoms with Crippen molar-refractivity contribution in [2.75, 3.05) is 0 Å². The van der Waals surface area contributed by atoms with E-state index in [1.165, 1.54) is 32.6 Å². The summed E-state index contributed by atoms with van der Waals surface area (Å²) in [6.45, 7) is 7.33. The van der Waals surface area contributed by atoms with E-state index < -0.39 is 0 Å². The van der Waals surface area contributed by atoms with Crippen molar-refractivity contribution in [3.05, 3.63) is 139 Å². The van der Waals surface area contributed by atoms with E-state index >= 15 is 0 Å². The van der Waals surface area contributed by atoms with E-state index in [0.717, 1.165) is 27.9 Å². The summed E-state index contributed by atoms with van der Waals surface area (Å²) in [6, 6.07) is 40.7. The number of fused-ring (bicyclic) bond motifs is 5. The van der Waals surface area contributed by atoms with Crippen LogP contribution < -0.4 is 0 Å². The van der Waals surface area contributed by atoms with Crippen molar-refractivity contribution in [3.63, 3.8) is 0 Å². The Labute approximate surface area is 214 Å². The summed E-state index contributed by atoms with van der Waals surface area (Å²) in [5.74, 6) is 0. The lowest BCUT2D eigenvalue weighted by atomic mass is 9.98. The highest BCUT2D eigenvalue weighted by Crippen LogP contribution is 2.39. The number of hydrogen-bond donors (Lipinski definition) is 0. The van der Waals surface area contributed by atoms with E-state index in [4.69, 9.17) is 6.57 Å². The third-order valence-electron chi connectivity index (χ3n) is 7.05. The summed E-state index contributed by atoms with van der Waals surface area (Å²) in [7, 11) is 0.